The Morgan fingerprint density at radius 3 is 2.56 bits per heavy atom. The molecule has 1 rings (SSSR count). The molecule has 0 aliphatic heterocycles. The molecule has 0 fully saturated rings. The van der Waals surface area contributed by atoms with Gasteiger partial charge in [0.05, 0.1) is 0 Å². The van der Waals surface area contributed by atoms with Crippen LogP contribution in [-0.4, -0.2) is 17.4 Å². The van der Waals surface area contributed by atoms with Crippen molar-refractivity contribution in [2.24, 2.45) is 5.41 Å². The number of aryl methyl sites for hydroxylation is 1. The van der Waals surface area contributed by atoms with E-state index in [1.807, 2.05) is 12.3 Å². The van der Waals surface area contributed by atoms with Gasteiger partial charge < -0.3 is 5.32 Å². The molecule has 0 aliphatic carbocycles. The van der Waals surface area contributed by atoms with Gasteiger partial charge in [-0.25, -0.2) is 4.98 Å². The Kier molecular flexibility index (Phi) is 5.07. The zero-order valence-corrected chi connectivity index (χ0v) is 11.1. The zero-order valence-electron chi connectivity index (χ0n) is 10.4. The number of nitrogens with zero attached hydrogens (tertiary/aromatic N) is 1. The maximum absolute atomic E-state index is 6.07. The van der Waals surface area contributed by atoms with Gasteiger partial charge >= 0.3 is 0 Å². The highest BCUT2D eigenvalue weighted by Gasteiger charge is 2.24. The monoisotopic (exact) mass is 240 g/mol. The number of pyridine rings is 1. The number of aromatic nitrogens is 1. The lowest BCUT2D eigenvalue weighted by Crippen LogP contribution is -2.30. The van der Waals surface area contributed by atoms with Gasteiger partial charge in [0.25, 0.3) is 0 Å². The third-order valence-corrected chi connectivity index (χ3v) is 3.99. The molecule has 0 spiro atoms. The standard InChI is InChI=1S/C13H21ClN2/c1-4-13(5-2,9-14)10-16-12-11(3)7-6-8-15-12/h6-8H,4-5,9-10H2,1-3H3,(H,15,16). The van der Waals surface area contributed by atoms with Crippen LogP contribution in [0, 0.1) is 12.3 Å². The van der Waals surface area contributed by atoms with Crippen molar-refractivity contribution in [3.63, 3.8) is 0 Å². The van der Waals surface area contributed by atoms with E-state index in [0.29, 0.717) is 5.88 Å². The summed E-state index contributed by atoms with van der Waals surface area (Å²) in [6, 6.07) is 4.02. The van der Waals surface area contributed by atoms with Crippen molar-refractivity contribution in [1.82, 2.24) is 4.98 Å². The number of halogens is 1. The molecule has 0 saturated carbocycles. The Labute approximate surface area is 103 Å². The van der Waals surface area contributed by atoms with Crippen LogP contribution in [0.4, 0.5) is 5.82 Å². The summed E-state index contributed by atoms with van der Waals surface area (Å²) in [5.41, 5.74) is 1.36. The van der Waals surface area contributed by atoms with Crippen molar-refractivity contribution in [2.45, 2.75) is 33.6 Å². The number of hydrogen-bond donors (Lipinski definition) is 1. The highest BCUT2D eigenvalue weighted by Crippen LogP contribution is 2.28. The van der Waals surface area contributed by atoms with Crippen LogP contribution in [0.5, 0.6) is 0 Å². The second-order valence-corrected chi connectivity index (χ2v) is 4.63. The predicted molar refractivity (Wildman–Crippen MR) is 71.2 cm³/mol. The van der Waals surface area contributed by atoms with Gasteiger partial charge in [0.2, 0.25) is 0 Å². The van der Waals surface area contributed by atoms with E-state index >= 15 is 0 Å². The van der Waals surface area contributed by atoms with Crippen molar-refractivity contribution < 1.29 is 0 Å². The van der Waals surface area contributed by atoms with Gasteiger partial charge in [0, 0.05) is 24.0 Å². The number of rotatable bonds is 6. The molecule has 0 atom stereocenters. The number of nitrogens with one attached hydrogen (secondary N) is 1. The van der Waals surface area contributed by atoms with Crippen LogP contribution in [0.1, 0.15) is 32.3 Å². The van der Waals surface area contributed by atoms with Crippen LogP contribution in [0.3, 0.4) is 0 Å². The molecule has 0 amide bonds. The molecule has 0 saturated heterocycles. The van der Waals surface area contributed by atoms with E-state index in [-0.39, 0.29) is 5.41 Å². The lowest BCUT2D eigenvalue weighted by Gasteiger charge is -2.29. The maximum Gasteiger partial charge on any atom is 0.128 e. The highest BCUT2D eigenvalue weighted by atomic mass is 35.5. The first-order valence-electron chi connectivity index (χ1n) is 5.89. The van der Waals surface area contributed by atoms with E-state index in [0.717, 1.165) is 25.2 Å². The quantitative estimate of drug-likeness (QED) is 0.764. The Morgan fingerprint density at radius 1 is 1.38 bits per heavy atom. The SMILES string of the molecule is CCC(CC)(CCl)CNc1ncccc1C. The zero-order chi connectivity index (χ0) is 12.0. The molecule has 0 radical (unpaired) electrons. The summed E-state index contributed by atoms with van der Waals surface area (Å²) >= 11 is 6.07. The first kappa shape index (κ1) is 13.3. The summed E-state index contributed by atoms with van der Waals surface area (Å²) in [6.07, 6.45) is 3.99. The van der Waals surface area contributed by atoms with Gasteiger partial charge in [-0.2, -0.15) is 0 Å². The molecule has 2 nitrogen and oxygen atoms in total. The minimum absolute atomic E-state index is 0.186. The molecule has 0 unspecified atom stereocenters. The summed E-state index contributed by atoms with van der Waals surface area (Å²) in [5.74, 6) is 1.66. The Balaban J connectivity index is 2.66. The average molecular weight is 241 g/mol. The molecule has 16 heavy (non-hydrogen) atoms. The topological polar surface area (TPSA) is 24.9 Å². The minimum Gasteiger partial charge on any atom is -0.369 e. The van der Waals surface area contributed by atoms with E-state index in [9.17, 15) is 0 Å². The van der Waals surface area contributed by atoms with Crippen LogP contribution in [0.15, 0.2) is 18.3 Å². The normalized spacial score (nSPS) is 11.5. The first-order chi connectivity index (χ1) is 7.67. The lowest BCUT2D eigenvalue weighted by atomic mass is 9.84. The summed E-state index contributed by atoms with van der Waals surface area (Å²) in [5, 5.41) is 3.41. The molecular weight excluding hydrogens is 220 g/mol. The molecular formula is C13H21ClN2. The number of anilines is 1. The Morgan fingerprint density at radius 2 is 2.06 bits per heavy atom. The molecule has 0 aliphatic rings. The van der Waals surface area contributed by atoms with Gasteiger partial charge in [-0.05, 0) is 31.4 Å². The largest absolute Gasteiger partial charge is 0.369 e. The van der Waals surface area contributed by atoms with Crippen molar-refractivity contribution >= 4 is 17.4 Å². The summed E-state index contributed by atoms with van der Waals surface area (Å²) in [4.78, 5) is 4.33. The summed E-state index contributed by atoms with van der Waals surface area (Å²) in [7, 11) is 0. The van der Waals surface area contributed by atoms with Crippen LogP contribution in [0.25, 0.3) is 0 Å². The van der Waals surface area contributed by atoms with Gasteiger partial charge in [0.15, 0.2) is 0 Å². The van der Waals surface area contributed by atoms with Crippen LogP contribution in [0.2, 0.25) is 0 Å². The van der Waals surface area contributed by atoms with Gasteiger partial charge in [0.1, 0.15) is 5.82 Å². The molecule has 1 aromatic heterocycles. The fraction of sp³-hybridized carbons (Fsp3) is 0.615. The van der Waals surface area contributed by atoms with E-state index in [1.54, 1.807) is 0 Å². The molecule has 90 valence electrons. The predicted octanol–water partition coefficient (Wildman–Crippen LogP) is 3.85. The highest BCUT2D eigenvalue weighted by molar-refractivity contribution is 6.18. The van der Waals surface area contributed by atoms with E-state index < -0.39 is 0 Å². The fourth-order valence-electron chi connectivity index (χ4n) is 1.68. The maximum atomic E-state index is 6.07. The van der Waals surface area contributed by atoms with Crippen LogP contribution < -0.4 is 5.32 Å². The van der Waals surface area contributed by atoms with Crippen LogP contribution in [-0.2, 0) is 0 Å². The van der Waals surface area contributed by atoms with Gasteiger partial charge in [-0.3, -0.25) is 0 Å². The Hall–Kier alpha value is -0.760. The Bertz CT molecular complexity index is 313. The molecule has 0 bridgehead atoms. The molecule has 3 heteroatoms. The van der Waals surface area contributed by atoms with Crippen LogP contribution >= 0.6 is 11.6 Å². The smallest absolute Gasteiger partial charge is 0.128 e. The second-order valence-electron chi connectivity index (χ2n) is 4.36. The van der Waals surface area contributed by atoms with Crippen molar-refractivity contribution in [3.8, 4) is 0 Å². The molecule has 1 aromatic rings. The molecule has 1 N–H and O–H groups in total. The second kappa shape index (κ2) is 6.09. The summed E-state index contributed by atoms with van der Waals surface area (Å²) in [6.45, 7) is 7.34. The summed E-state index contributed by atoms with van der Waals surface area (Å²) < 4.78 is 0. The van der Waals surface area contributed by atoms with E-state index in [1.165, 1.54) is 5.56 Å². The third kappa shape index (κ3) is 3.11. The van der Waals surface area contributed by atoms with E-state index in [4.69, 9.17) is 11.6 Å². The van der Waals surface area contributed by atoms with E-state index in [2.05, 4.69) is 37.1 Å². The number of hydrogen-bond acceptors (Lipinski definition) is 2. The minimum atomic E-state index is 0.186. The van der Waals surface area contributed by atoms with Crippen molar-refractivity contribution in [3.05, 3.63) is 23.9 Å². The van der Waals surface area contributed by atoms with Gasteiger partial charge in [-0.15, -0.1) is 11.6 Å². The third-order valence-electron chi connectivity index (χ3n) is 3.42. The molecule has 1 heterocycles. The van der Waals surface area contributed by atoms with Crippen molar-refractivity contribution in [1.29, 1.82) is 0 Å². The number of alkyl halides is 1. The van der Waals surface area contributed by atoms with Gasteiger partial charge in [-0.1, -0.05) is 19.9 Å². The lowest BCUT2D eigenvalue weighted by molar-refractivity contribution is 0.326. The van der Waals surface area contributed by atoms with Crippen molar-refractivity contribution in [2.75, 3.05) is 17.7 Å². The molecule has 0 aromatic carbocycles. The fourth-order valence-corrected chi connectivity index (χ4v) is 2.15. The first-order valence-corrected chi connectivity index (χ1v) is 6.42. The average Bonchev–Trinajstić information content (AvgIpc) is 2.34.